The molecule has 34 heavy (non-hydrogen) atoms. The highest BCUT2D eigenvalue weighted by molar-refractivity contribution is 7.90. The number of nitrogens with zero attached hydrogens (tertiary/aromatic N) is 1. The van der Waals surface area contributed by atoms with Crippen molar-refractivity contribution in [2.45, 2.75) is 42.8 Å². The van der Waals surface area contributed by atoms with Crippen LogP contribution in [-0.2, 0) is 15.6 Å². The molecular weight excluding hydrogens is 473 g/mol. The first kappa shape index (κ1) is 22.7. The van der Waals surface area contributed by atoms with E-state index in [-0.39, 0.29) is 34.4 Å². The first-order chi connectivity index (χ1) is 16.2. The highest BCUT2D eigenvalue weighted by Gasteiger charge is 2.32. The minimum absolute atomic E-state index is 0.0540. The lowest BCUT2D eigenvalue weighted by Crippen LogP contribution is -2.11. The second-order valence-corrected chi connectivity index (χ2v) is 11.7. The number of hydrogen-bond acceptors (Lipinski definition) is 5. The molecule has 0 atom stereocenters. The van der Waals surface area contributed by atoms with Crippen LogP contribution in [0.25, 0.3) is 16.7 Å². The first-order valence-electron chi connectivity index (χ1n) is 10.9. The van der Waals surface area contributed by atoms with E-state index in [0.29, 0.717) is 16.7 Å². The van der Waals surface area contributed by atoms with Gasteiger partial charge in [0.25, 0.3) is 0 Å². The van der Waals surface area contributed by atoms with Gasteiger partial charge in [-0.05, 0) is 89.3 Å². The number of aromatic carboxylic acids is 1. The molecule has 0 radical (unpaired) electrons. The van der Waals surface area contributed by atoms with Crippen LogP contribution in [0.5, 0.6) is 0 Å². The molecule has 8 heteroatoms. The van der Waals surface area contributed by atoms with E-state index in [9.17, 15) is 22.7 Å². The quantitative estimate of drug-likeness (QED) is 0.415. The summed E-state index contributed by atoms with van der Waals surface area (Å²) in [5.41, 5.74) is 4.34. The standard InChI is InChI=1S/C26H22FNO4S2/c1-15-24(13-28-33-15)17-5-8-22(18-4-7-21(27)11-18)20(10-17)14-34(31,32)25-12-19(26(29)30)6-9-23(25)16-2-3-16/h4-10,12-13,16H,2-3,11,14H2,1H3,(H,29,30). The minimum Gasteiger partial charge on any atom is -0.478 e. The summed E-state index contributed by atoms with van der Waals surface area (Å²) >= 11 is 1.37. The predicted molar refractivity (Wildman–Crippen MR) is 130 cm³/mol. The number of benzene rings is 2. The normalized spacial score (nSPS) is 15.8. The summed E-state index contributed by atoms with van der Waals surface area (Å²) in [6, 6.07) is 9.94. The summed E-state index contributed by atoms with van der Waals surface area (Å²) in [6.07, 6.45) is 6.72. The van der Waals surface area contributed by atoms with Gasteiger partial charge in [0, 0.05) is 23.1 Å². The molecule has 0 amide bonds. The van der Waals surface area contributed by atoms with Crippen molar-refractivity contribution in [1.29, 1.82) is 0 Å². The maximum Gasteiger partial charge on any atom is 0.335 e. The fourth-order valence-electron chi connectivity index (χ4n) is 4.40. The summed E-state index contributed by atoms with van der Waals surface area (Å²) < 4.78 is 45.5. The fourth-order valence-corrected chi connectivity index (χ4v) is 6.69. The first-order valence-corrected chi connectivity index (χ1v) is 13.4. The van der Waals surface area contributed by atoms with Gasteiger partial charge in [-0.2, -0.15) is 0 Å². The number of rotatable bonds is 7. The van der Waals surface area contributed by atoms with Crippen LogP contribution in [-0.4, -0.2) is 23.9 Å². The van der Waals surface area contributed by atoms with E-state index in [1.807, 2.05) is 25.1 Å². The van der Waals surface area contributed by atoms with Crippen molar-refractivity contribution in [3.63, 3.8) is 0 Å². The highest BCUT2D eigenvalue weighted by Crippen LogP contribution is 2.44. The number of allylic oxidation sites excluding steroid dienone is 4. The number of hydrogen-bond donors (Lipinski definition) is 1. The molecule has 0 spiro atoms. The fraction of sp³-hybridized carbons (Fsp3) is 0.231. The summed E-state index contributed by atoms with van der Waals surface area (Å²) in [4.78, 5) is 12.6. The lowest BCUT2D eigenvalue weighted by molar-refractivity contribution is 0.0696. The lowest BCUT2D eigenvalue weighted by Gasteiger charge is -2.16. The molecule has 2 aromatic carbocycles. The molecule has 1 fully saturated rings. The van der Waals surface area contributed by atoms with Crippen molar-refractivity contribution in [3.8, 4) is 11.1 Å². The molecule has 5 nitrogen and oxygen atoms in total. The van der Waals surface area contributed by atoms with Gasteiger partial charge in [0.2, 0.25) is 0 Å². The van der Waals surface area contributed by atoms with E-state index in [0.717, 1.165) is 34.4 Å². The smallest absolute Gasteiger partial charge is 0.335 e. The van der Waals surface area contributed by atoms with Crippen molar-refractivity contribution in [2.24, 2.45) is 0 Å². The molecule has 1 heterocycles. The van der Waals surface area contributed by atoms with E-state index in [1.54, 1.807) is 18.3 Å². The average Bonchev–Trinajstić information content (AvgIpc) is 3.42. The van der Waals surface area contributed by atoms with Crippen LogP contribution in [0.4, 0.5) is 4.39 Å². The van der Waals surface area contributed by atoms with E-state index >= 15 is 0 Å². The second-order valence-electron chi connectivity index (χ2n) is 8.74. The highest BCUT2D eigenvalue weighted by atomic mass is 32.2. The van der Waals surface area contributed by atoms with Crippen LogP contribution in [0.3, 0.4) is 0 Å². The van der Waals surface area contributed by atoms with Gasteiger partial charge in [-0.15, -0.1) is 0 Å². The Bertz CT molecular complexity index is 1480. The molecule has 2 aliphatic rings. The molecular formula is C26H22FNO4S2. The average molecular weight is 496 g/mol. The number of carboxylic acid groups (broad SMARTS) is 1. The zero-order chi connectivity index (χ0) is 24.0. The molecule has 0 aliphatic heterocycles. The monoisotopic (exact) mass is 495 g/mol. The van der Waals surface area contributed by atoms with Gasteiger partial charge < -0.3 is 5.11 Å². The van der Waals surface area contributed by atoms with Crippen molar-refractivity contribution in [1.82, 2.24) is 4.37 Å². The Morgan fingerprint density at radius 2 is 1.94 bits per heavy atom. The van der Waals surface area contributed by atoms with Crippen LogP contribution in [0, 0.1) is 6.92 Å². The molecule has 0 bridgehead atoms. The van der Waals surface area contributed by atoms with Crippen LogP contribution in [0.1, 0.15) is 57.1 Å². The zero-order valence-corrected chi connectivity index (χ0v) is 20.0. The number of aryl methyl sites for hydroxylation is 1. The van der Waals surface area contributed by atoms with Crippen molar-refractivity contribution < 1.29 is 22.7 Å². The molecule has 0 saturated heterocycles. The van der Waals surface area contributed by atoms with Crippen molar-refractivity contribution >= 4 is 32.9 Å². The zero-order valence-electron chi connectivity index (χ0n) is 18.4. The number of carboxylic acids is 1. The molecule has 1 N–H and O–H groups in total. The third-order valence-corrected chi connectivity index (χ3v) is 8.72. The number of halogens is 1. The number of carbonyl (C=O) groups is 1. The molecule has 174 valence electrons. The third-order valence-electron chi connectivity index (χ3n) is 6.30. The molecule has 5 rings (SSSR count). The SMILES string of the molecule is Cc1sncc1-c1ccc(C2=CC=C(F)C2)c(CS(=O)(=O)c2cc(C(=O)O)ccc2C2CC2)c1. The molecule has 2 aliphatic carbocycles. The molecule has 1 aromatic heterocycles. The van der Waals surface area contributed by atoms with E-state index in [1.165, 1.54) is 29.7 Å². The van der Waals surface area contributed by atoms with Gasteiger partial charge in [0.1, 0.15) is 5.83 Å². The molecule has 3 aromatic rings. The van der Waals surface area contributed by atoms with E-state index in [4.69, 9.17) is 0 Å². The van der Waals surface area contributed by atoms with Gasteiger partial charge in [0.15, 0.2) is 9.84 Å². The lowest BCUT2D eigenvalue weighted by atomic mass is 9.95. The third kappa shape index (κ3) is 4.35. The summed E-state index contributed by atoms with van der Waals surface area (Å²) in [6.45, 7) is 1.95. The molecule has 0 unspecified atom stereocenters. The summed E-state index contributed by atoms with van der Waals surface area (Å²) in [7, 11) is -3.88. The van der Waals surface area contributed by atoms with Crippen LogP contribution in [0.2, 0.25) is 0 Å². The molecule has 1 saturated carbocycles. The maximum absolute atomic E-state index is 13.8. The summed E-state index contributed by atoms with van der Waals surface area (Å²) in [5, 5.41) is 9.44. The number of aromatic nitrogens is 1. The number of sulfone groups is 1. The van der Waals surface area contributed by atoms with E-state index in [2.05, 4.69) is 4.37 Å². The van der Waals surface area contributed by atoms with Gasteiger partial charge in [-0.1, -0.05) is 24.3 Å². The van der Waals surface area contributed by atoms with Crippen molar-refractivity contribution in [2.75, 3.05) is 0 Å². The van der Waals surface area contributed by atoms with Crippen molar-refractivity contribution in [3.05, 3.63) is 87.7 Å². The van der Waals surface area contributed by atoms with Crippen LogP contribution < -0.4 is 0 Å². The Labute approximate surface area is 201 Å². The minimum atomic E-state index is -3.88. The Morgan fingerprint density at radius 3 is 2.56 bits per heavy atom. The largest absolute Gasteiger partial charge is 0.478 e. The topological polar surface area (TPSA) is 84.3 Å². The van der Waals surface area contributed by atoms with Gasteiger partial charge >= 0.3 is 5.97 Å². The van der Waals surface area contributed by atoms with Gasteiger partial charge in [0.05, 0.1) is 16.2 Å². The van der Waals surface area contributed by atoms with Gasteiger partial charge in [-0.25, -0.2) is 22.0 Å². The Balaban J connectivity index is 1.61. The van der Waals surface area contributed by atoms with Gasteiger partial charge in [-0.3, -0.25) is 0 Å². The Kier molecular flexibility index (Phi) is 5.73. The van der Waals surface area contributed by atoms with Crippen LogP contribution in [0.15, 0.2) is 65.5 Å². The van der Waals surface area contributed by atoms with E-state index < -0.39 is 15.8 Å². The second kappa shape index (κ2) is 8.60. The predicted octanol–water partition coefficient (Wildman–Crippen LogP) is 6.31. The summed E-state index contributed by atoms with van der Waals surface area (Å²) in [5.74, 6) is -1.61. The van der Waals surface area contributed by atoms with Crippen LogP contribution >= 0.6 is 11.5 Å². The Hall–Kier alpha value is -3.10. The maximum atomic E-state index is 13.8. The Morgan fingerprint density at radius 1 is 1.15 bits per heavy atom.